The number of rotatable bonds is 4. The van der Waals surface area contributed by atoms with Gasteiger partial charge in [0, 0.05) is 30.3 Å². The molecule has 3 aromatic heterocycles. The summed E-state index contributed by atoms with van der Waals surface area (Å²) in [6, 6.07) is 5.08. The van der Waals surface area contributed by atoms with Crippen LogP contribution in [0.4, 0.5) is 15.8 Å². The molecule has 4 aromatic rings. The number of aromatic nitrogens is 4. The van der Waals surface area contributed by atoms with Crippen molar-refractivity contribution in [1.82, 2.24) is 19.6 Å². The van der Waals surface area contributed by atoms with Crippen molar-refractivity contribution in [3.63, 3.8) is 0 Å². The molecule has 0 aliphatic carbocycles. The van der Waals surface area contributed by atoms with E-state index in [-0.39, 0.29) is 16.9 Å². The first-order valence-electron chi connectivity index (χ1n) is 11.9. The Morgan fingerprint density at radius 1 is 1.14 bits per heavy atom. The summed E-state index contributed by atoms with van der Waals surface area (Å²) in [5, 5.41) is 7.16. The zero-order valence-corrected chi connectivity index (χ0v) is 21.1. The van der Waals surface area contributed by atoms with Gasteiger partial charge in [-0.25, -0.2) is 18.9 Å². The van der Waals surface area contributed by atoms with Crippen LogP contribution in [0.15, 0.2) is 35.0 Å². The van der Waals surface area contributed by atoms with Crippen molar-refractivity contribution in [3.8, 4) is 11.1 Å². The highest BCUT2D eigenvalue weighted by atomic mass is 19.1. The summed E-state index contributed by atoms with van der Waals surface area (Å²) in [6.45, 7) is 12.2. The number of hydrogen-bond donors (Lipinski definition) is 1. The predicted octanol–water partition coefficient (Wildman–Crippen LogP) is 4.53. The minimum atomic E-state index is -0.567. The van der Waals surface area contributed by atoms with Crippen LogP contribution >= 0.6 is 0 Å². The van der Waals surface area contributed by atoms with Crippen molar-refractivity contribution in [3.05, 3.63) is 59.4 Å². The number of morpholine rings is 1. The smallest absolute Gasteiger partial charge is 0.293 e. The largest absolute Gasteiger partial charge is 0.435 e. The van der Waals surface area contributed by atoms with Gasteiger partial charge in [-0.05, 0) is 43.2 Å². The average Bonchev–Trinajstić information content (AvgIpc) is 3.47. The number of pyridine rings is 1. The number of carbonyl (C=O) groups excluding carboxylic acids is 1. The fourth-order valence-electron chi connectivity index (χ4n) is 4.25. The van der Waals surface area contributed by atoms with Gasteiger partial charge in [0.05, 0.1) is 30.8 Å². The first-order chi connectivity index (χ1) is 17.1. The number of ether oxygens (including phenoxy) is 1. The average molecular weight is 493 g/mol. The van der Waals surface area contributed by atoms with E-state index in [9.17, 15) is 9.18 Å². The van der Waals surface area contributed by atoms with Gasteiger partial charge in [-0.2, -0.15) is 5.10 Å². The van der Waals surface area contributed by atoms with E-state index in [2.05, 4.69) is 25.3 Å². The van der Waals surface area contributed by atoms with Crippen LogP contribution in [0.3, 0.4) is 0 Å². The van der Waals surface area contributed by atoms with Gasteiger partial charge in [0.15, 0.2) is 5.65 Å². The maximum atomic E-state index is 14.9. The minimum Gasteiger partial charge on any atom is -0.435 e. The summed E-state index contributed by atoms with van der Waals surface area (Å²) >= 11 is 0. The summed E-state index contributed by atoms with van der Waals surface area (Å²) in [4.78, 5) is 23.8. The summed E-state index contributed by atoms with van der Waals surface area (Å²) in [5.41, 5.74) is 3.72. The number of aryl methyl sites for hydroxylation is 2. The summed E-state index contributed by atoms with van der Waals surface area (Å²) in [5.74, 6) is 0.0155. The number of oxazole rings is 1. The molecule has 36 heavy (non-hydrogen) atoms. The van der Waals surface area contributed by atoms with E-state index in [1.165, 1.54) is 12.3 Å². The van der Waals surface area contributed by atoms with Crippen LogP contribution in [0.5, 0.6) is 0 Å². The molecule has 188 valence electrons. The Balaban J connectivity index is 1.53. The number of halogens is 1. The zero-order valence-electron chi connectivity index (χ0n) is 21.1. The Labute approximate surface area is 208 Å². The number of hydrogen-bond acceptors (Lipinski definition) is 7. The normalized spacial score (nSPS) is 14.4. The molecule has 1 aliphatic heterocycles. The maximum absolute atomic E-state index is 14.9. The lowest BCUT2D eigenvalue weighted by atomic mass is 9.97. The van der Waals surface area contributed by atoms with Gasteiger partial charge in [-0.15, -0.1) is 0 Å². The lowest BCUT2D eigenvalue weighted by Crippen LogP contribution is -2.36. The van der Waals surface area contributed by atoms with Crippen LogP contribution in [0, 0.1) is 19.7 Å². The molecule has 5 rings (SSSR count). The van der Waals surface area contributed by atoms with Gasteiger partial charge in [0.25, 0.3) is 5.91 Å². The number of fused-ring (bicyclic) bond motifs is 1. The van der Waals surface area contributed by atoms with Gasteiger partial charge in [0.2, 0.25) is 11.7 Å². The second-order valence-electron chi connectivity index (χ2n) is 10.0. The molecule has 1 N–H and O–H groups in total. The topological polar surface area (TPSA) is 97.8 Å². The SMILES string of the molecule is Cc1nc2c(N3CCOCC3)cc(-c3cc(NC(=O)c4cnc(C(C)(C)C)o4)c(F)cc3C)cn2n1. The molecule has 1 fully saturated rings. The summed E-state index contributed by atoms with van der Waals surface area (Å²) in [7, 11) is 0. The van der Waals surface area contributed by atoms with Gasteiger partial charge < -0.3 is 19.4 Å². The maximum Gasteiger partial charge on any atom is 0.293 e. The fraction of sp³-hybridized carbons (Fsp3) is 0.385. The quantitative estimate of drug-likeness (QED) is 0.447. The lowest BCUT2D eigenvalue weighted by Gasteiger charge is -2.29. The minimum absolute atomic E-state index is 0.0237. The third-order valence-electron chi connectivity index (χ3n) is 6.12. The predicted molar refractivity (Wildman–Crippen MR) is 134 cm³/mol. The van der Waals surface area contributed by atoms with Crippen molar-refractivity contribution in [2.45, 2.75) is 40.0 Å². The standard InChI is InChI=1S/C26H29FN6O3/c1-15-10-19(27)20(30-24(34)22-13-28-25(36-22)26(3,4)5)12-18(15)17-11-21(32-6-8-35-9-7-32)23-29-16(2)31-33(23)14-17/h10-14H,6-9H2,1-5H3,(H,30,34). The second-order valence-corrected chi connectivity index (χ2v) is 10.0. The van der Waals surface area contributed by atoms with E-state index in [0.29, 0.717) is 24.9 Å². The molecule has 4 heterocycles. The highest BCUT2D eigenvalue weighted by Gasteiger charge is 2.24. The Morgan fingerprint density at radius 2 is 1.89 bits per heavy atom. The van der Waals surface area contributed by atoms with E-state index >= 15 is 0 Å². The fourth-order valence-corrected chi connectivity index (χ4v) is 4.25. The molecule has 0 spiro atoms. The molecule has 10 heteroatoms. The number of nitrogens with one attached hydrogen (secondary N) is 1. The van der Waals surface area contributed by atoms with Gasteiger partial charge in [-0.3, -0.25) is 4.79 Å². The molecule has 0 atom stereocenters. The second kappa shape index (κ2) is 9.02. The molecule has 0 bridgehead atoms. The number of amides is 1. The molecule has 1 saturated heterocycles. The molecular weight excluding hydrogens is 463 g/mol. The molecule has 0 radical (unpaired) electrons. The molecule has 1 aromatic carbocycles. The first kappa shape index (κ1) is 23.9. The van der Waals surface area contributed by atoms with Gasteiger partial charge in [0.1, 0.15) is 11.6 Å². The summed E-state index contributed by atoms with van der Waals surface area (Å²) in [6.07, 6.45) is 3.23. The number of benzene rings is 1. The Hall–Kier alpha value is -3.79. The van der Waals surface area contributed by atoms with E-state index in [1.54, 1.807) is 10.6 Å². The van der Waals surface area contributed by atoms with Crippen molar-refractivity contribution < 1.29 is 18.3 Å². The van der Waals surface area contributed by atoms with Crippen LogP contribution in [0.25, 0.3) is 16.8 Å². The van der Waals surface area contributed by atoms with Crippen LogP contribution in [-0.4, -0.2) is 51.8 Å². The van der Waals surface area contributed by atoms with Gasteiger partial charge in [-0.1, -0.05) is 20.8 Å². The van der Waals surface area contributed by atoms with E-state index in [1.807, 2.05) is 46.9 Å². The molecule has 0 unspecified atom stereocenters. The highest BCUT2D eigenvalue weighted by Crippen LogP contribution is 2.33. The molecule has 9 nitrogen and oxygen atoms in total. The zero-order chi connectivity index (χ0) is 25.6. The first-order valence-corrected chi connectivity index (χ1v) is 11.9. The van der Waals surface area contributed by atoms with Crippen molar-refractivity contribution in [2.75, 3.05) is 36.5 Å². The summed E-state index contributed by atoms with van der Waals surface area (Å²) < 4.78 is 27.8. The van der Waals surface area contributed by atoms with E-state index in [4.69, 9.17) is 9.15 Å². The lowest BCUT2D eigenvalue weighted by molar-refractivity contribution is 0.0992. The number of carbonyl (C=O) groups is 1. The van der Waals surface area contributed by atoms with Gasteiger partial charge >= 0.3 is 0 Å². The van der Waals surface area contributed by atoms with E-state index in [0.717, 1.165) is 41.1 Å². The van der Waals surface area contributed by atoms with E-state index < -0.39 is 11.7 Å². The highest BCUT2D eigenvalue weighted by molar-refractivity contribution is 6.02. The van der Waals surface area contributed by atoms with Crippen LogP contribution in [0.2, 0.25) is 0 Å². The Bertz CT molecular complexity index is 1450. The van der Waals surface area contributed by atoms with Crippen molar-refractivity contribution in [2.24, 2.45) is 0 Å². The Kier molecular flexibility index (Phi) is 5.99. The third-order valence-corrected chi connectivity index (χ3v) is 6.12. The van der Waals surface area contributed by atoms with Crippen LogP contribution in [0.1, 0.15) is 48.6 Å². The van der Waals surface area contributed by atoms with Crippen LogP contribution in [-0.2, 0) is 10.2 Å². The number of anilines is 2. The molecule has 0 saturated carbocycles. The van der Waals surface area contributed by atoms with Crippen molar-refractivity contribution in [1.29, 1.82) is 0 Å². The number of nitrogens with zero attached hydrogens (tertiary/aromatic N) is 5. The molecular formula is C26H29FN6O3. The third kappa shape index (κ3) is 4.56. The molecule has 1 aliphatic rings. The monoisotopic (exact) mass is 492 g/mol. The molecule has 1 amide bonds. The van der Waals surface area contributed by atoms with Crippen LogP contribution < -0.4 is 10.2 Å². The van der Waals surface area contributed by atoms with Crippen molar-refractivity contribution >= 4 is 22.9 Å². The Morgan fingerprint density at radius 3 is 2.58 bits per heavy atom.